The van der Waals surface area contributed by atoms with Crippen molar-refractivity contribution < 1.29 is 0 Å². The van der Waals surface area contributed by atoms with Gasteiger partial charge in [-0.15, -0.1) is 0 Å². The van der Waals surface area contributed by atoms with Gasteiger partial charge in [-0.1, -0.05) is 0 Å². The number of rotatable bonds is 2. The molecule has 2 heterocycles. The van der Waals surface area contributed by atoms with Crippen molar-refractivity contribution in [2.75, 3.05) is 12.4 Å². The molecule has 2 aromatic rings. The molecular formula is C9H11N5. The molecule has 5 nitrogen and oxygen atoms in total. The highest BCUT2D eigenvalue weighted by Crippen LogP contribution is 2.14. The summed E-state index contributed by atoms with van der Waals surface area (Å²) in [5.74, 6) is 0. The fraction of sp³-hybridized carbons (Fsp3) is 0.222. The molecule has 0 aliphatic heterocycles. The Morgan fingerprint density at radius 2 is 2.07 bits per heavy atom. The Kier molecular flexibility index (Phi) is 2.14. The lowest BCUT2D eigenvalue weighted by Crippen LogP contribution is -1.93. The number of aromatic nitrogens is 4. The van der Waals surface area contributed by atoms with E-state index in [-0.39, 0.29) is 0 Å². The molecule has 2 aromatic heterocycles. The van der Waals surface area contributed by atoms with Crippen LogP contribution in [0.15, 0.2) is 24.5 Å². The molecule has 0 aromatic carbocycles. The number of nitrogens with one attached hydrogen (secondary N) is 1. The maximum atomic E-state index is 4.25. The van der Waals surface area contributed by atoms with Gasteiger partial charge in [0.1, 0.15) is 5.69 Å². The van der Waals surface area contributed by atoms with Gasteiger partial charge in [0.2, 0.25) is 0 Å². The molecular weight excluding hydrogens is 178 g/mol. The molecule has 14 heavy (non-hydrogen) atoms. The van der Waals surface area contributed by atoms with Crippen molar-refractivity contribution in [1.29, 1.82) is 0 Å². The number of anilines is 1. The maximum absolute atomic E-state index is 4.25. The van der Waals surface area contributed by atoms with Gasteiger partial charge in [0.25, 0.3) is 0 Å². The summed E-state index contributed by atoms with van der Waals surface area (Å²) >= 11 is 0. The zero-order valence-electron chi connectivity index (χ0n) is 8.10. The number of hydrogen-bond acceptors (Lipinski definition) is 4. The van der Waals surface area contributed by atoms with Crippen LogP contribution in [0.2, 0.25) is 0 Å². The summed E-state index contributed by atoms with van der Waals surface area (Å²) in [6.45, 7) is 0. The fourth-order valence-electron chi connectivity index (χ4n) is 1.16. The summed E-state index contributed by atoms with van der Waals surface area (Å²) in [5.41, 5.74) is 2.60. The highest BCUT2D eigenvalue weighted by molar-refractivity contribution is 5.55. The van der Waals surface area contributed by atoms with E-state index in [9.17, 15) is 0 Å². The molecule has 0 atom stereocenters. The lowest BCUT2D eigenvalue weighted by molar-refractivity contribution is 0.655. The summed E-state index contributed by atoms with van der Waals surface area (Å²) < 4.78 is 0. The minimum absolute atomic E-state index is 0.787. The van der Waals surface area contributed by atoms with Gasteiger partial charge in [-0.3, -0.25) is 4.98 Å². The summed E-state index contributed by atoms with van der Waals surface area (Å²) in [4.78, 5) is 5.77. The molecule has 0 spiro atoms. The molecule has 0 amide bonds. The van der Waals surface area contributed by atoms with Gasteiger partial charge in [0.15, 0.2) is 0 Å². The average Bonchev–Trinajstić information content (AvgIpc) is 2.65. The average molecular weight is 189 g/mol. The van der Waals surface area contributed by atoms with E-state index < -0.39 is 0 Å². The van der Waals surface area contributed by atoms with Crippen molar-refractivity contribution in [1.82, 2.24) is 20.0 Å². The monoisotopic (exact) mass is 189 g/mol. The van der Waals surface area contributed by atoms with E-state index in [4.69, 9.17) is 0 Å². The van der Waals surface area contributed by atoms with E-state index in [0.717, 1.165) is 17.1 Å². The van der Waals surface area contributed by atoms with Crippen molar-refractivity contribution in [3.05, 3.63) is 24.5 Å². The molecule has 2 rings (SSSR count). The molecule has 0 fully saturated rings. The topological polar surface area (TPSA) is 55.6 Å². The molecule has 72 valence electrons. The third-order valence-electron chi connectivity index (χ3n) is 1.91. The number of hydrogen-bond donors (Lipinski definition) is 1. The van der Waals surface area contributed by atoms with Gasteiger partial charge in [-0.2, -0.15) is 15.0 Å². The Labute approximate surface area is 81.8 Å². The first-order valence-corrected chi connectivity index (χ1v) is 4.30. The van der Waals surface area contributed by atoms with Crippen molar-refractivity contribution in [2.24, 2.45) is 7.05 Å². The largest absolute Gasteiger partial charge is 0.387 e. The predicted octanol–water partition coefficient (Wildman–Crippen LogP) is 0.919. The second-order valence-corrected chi connectivity index (χ2v) is 2.90. The SMILES string of the molecule is CNc1ccc(-c2cnn(C)n2)nc1. The first-order valence-electron chi connectivity index (χ1n) is 4.30. The smallest absolute Gasteiger partial charge is 0.131 e. The van der Waals surface area contributed by atoms with Crippen LogP contribution in [0.3, 0.4) is 0 Å². The van der Waals surface area contributed by atoms with Gasteiger partial charge < -0.3 is 5.32 Å². The van der Waals surface area contributed by atoms with Gasteiger partial charge in [0, 0.05) is 14.1 Å². The van der Waals surface area contributed by atoms with Gasteiger partial charge in [0.05, 0.1) is 23.8 Å². The van der Waals surface area contributed by atoms with E-state index >= 15 is 0 Å². The molecule has 5 heteroatoms. The van der Waals surface area contributed by atoms with Crippen LogP contribution >= 0.6 is 0 Å². The highest BCUT2D eigenvalue weighted by Gasteiger charge is 2.02. The van der Waals surface area contributed by atoms with Crippen LogP contribution in [0.1, 0.15) is 0 Å². The molecule has 0 radical (unpaired) electrons. The number of aryl methyl sites for hydroxylation is 1. The molecule has 0 aliphatic rings. The second kappa shape index (κ2) is 3.45. The number of nitrogens with zero attached hydrogens (tertiary/aromatic N) is 4. The Morgan fingerprint density at radius 3 is 2.57 bits per heavy atom. The second-order valence-electron chi connectivity index (χ2n) is 2.90. The van der Waals surface area contributed by atoms with Crippen molar-refractivity contribution in [2.45, 2.75) is 0 Å². The van der Waals surface area contributed by atoms with Crippen LogP contribution in [0, 0.1) is 0 Å². The van der Waals surface area contributed by atoms with Crippen LogP contribution in [-0.2, 0) is 7.05 Å². The van der Waals surface area contributed by atoms with E-state index in [1.807, 2.05) is 19.2 Å². The zero-order chi connectivity index (χ0) is 9.97. The van der Waals surface area contributed by atoms with E-state index in [1.165, 1.54) is 4.80 Å². The zero-order valence-corrected chi connectivity index (χ0v) is 8.10. The molecule has 0 saturated heterocycles. The third-order valence-corrected chi connectivity index (χ3v) is 1.91. The predicted molar refractivity (Wildman–Crippen MR) is 53.8 cm³/mol. The van der Waals surface area contributed by atoms with E-state index in [2.05, 4.69) is 20.5 Å². The Bertz CT molecular complexity index is 417. The fourth-order valence-corrected chi connectivity index (χ4v) is 1.16. The standard InChI is InChI=1S/C9H11N5/c1-10-7-3-4-8(11-5-7)9-6-12-14(2)13-9/h3-6,10H,1-2H3. The summed E-state index contributed by atoms with van der Waals surface area (Å²) in [7, 11) is 3.64. The Morgan fingerprint density at radius 1 is 1.21 bits per heavy atom. The van der Waals surface area contributed by atoms with Crippen LogP contribution in [0.4, 0.5) is 5.69 Å². The van der Waals surface area contributed by atoms with Crippen molar-refractivity contribution in [3.63, 3.8) is 0 Å². The normalized spacial score (nSPS) is 10.1. The van der Waals surface area contributed by atoms with Gasteiger partial charge >= 0.3 is 0 Å². The minimum Gasteiger partial charge on any atom is -0.387 e. The maximum Gasteiger partial charge on any atom is 0.131 e. The molecule has 1 N–H and O–H groups in total. The Hall–Kier alpha value is -1.91. The number of pyridine rings is 1. The molecule has 0 saturated carbocycles. The van der Waals surface area contributed by atoms with Crippen molar-refractivity contribution in [3.8, 4) is 11.4 Å². The van der Waals surface area contributed by atoms with Crippen LogP contribution in [0.5, 0.6) is 0 Å². The summed E-state index contributed by atoms with van der Waals surface area (Å²) in [6.07, 6.45) is 3.46. The lowest BCUT2D eigenvalue weighted by atomic mass is 10.3. The summed E-state index contributed by atoms with van der Waals surface area (Å²) in [6, 6.07) is 3.87. The third kappa shape index (κ3) is 1.56. The first kappa shape index (κ1) is 8.68. The van der Waals surface area contributed by atoms with Crippen molar-refractivity contribution >= 4 is 5.69 Å². The Balaban J connectivity index is 2.33. The molecule has 0 unspecified atom stereocenters. The van der Waals surface area contributed by atoms with E-state index in [0.29, 0.717) is 0 Å². The minimum atomic E-state index is 0.787. The summed E-state index contributed by atoms with van der Waals surface area (Å²) in [5, 5.41) is 11.2. The first-order chi connectivity index (χ1) is 6.79. The molecule has 0 bridgehead atoms. The van der Waals surface area contributed by atoms with Gasteiger partial charge in [-0.25, -0.2) is 0 Å². The quantitative estimate of drug-likeness (QED) is 0.763. The van der Waals surface area contributed by atoms with Crippen LogP contribution in [-0.4, -0.2) is 27.0 Å². The highest BCUT2D eigenvalue weighted by atomic mass is 15.4. The van der Waals surface area contributed by atoms with Crippen LogP contribution in [0.25, 0.3) is 11.4 Å². The molecule has 0 aliphatic carbocycles. The van der Waals surface area contributed by atoms with Crippen LogP contribution < -0.4 is 5.32 Å². The lowest BCUT2D eigenvalue weighted by Gasteiger charge is -1.99. The van der Waals surface area contributed by atoms with Gasteiger partial charge in [-0.05, 0) is 12.1 Å². The van der Waals surface area contributed by atoms with E-state index in [1.54, 1.807) is 19.4 Å².